The molecular weight excluding hydrogens is 302 g/mol. The predicted molar refractivity (Wildman–Crippen MR) is 89.3 cm³/mol. The number of fused-ring (bicyclic) bond motifs is 1. The summed E-state index contributed by atoms with van der Waals surface area (Å²) in [5, 5.41) is 0.699. The number of benzene rings is 2. The molecule has 0 saturated heterocycles. The van der Waals surface area contributed by atoms with Crippen molar-refractivity contribution in [2.45, 2.75) is 24.3 Å². The van der Waals surface area contributed by atoms with Crippen LogP contribution in [0.3, 0.4) is 0 Å². The maximum absolute atomic E-state index is 12.6. The molecule has 4 heteroatoms. The van der Waals surface area contributed by atoms with E-state index in [9.17, 15) is 4.79 Å². The first-order valence-corrected chi connectivity index (χ1v) is 8.30. The highest BCUT2D eigenvalue weighted by atomic mass is 35.5. The van der Waals surface area contributed by atoms with Gasteiger partial charge in [-0.25, -0.2) is 0 Å². The summed E-state index contributed by atoms with van der Waals surface area (Å²) in [5.74, 6) is 0.542. The van der Waals surface area contributed by atoms with Crippen LogP contribution < -0.4 is 4.90 Å². The van der Waals surface area contributed by atoms with E-state index in [1.54, 1.807) is 0 Å². The largest absolute Gasteiger partial charge is 0.308 e. The van der Waals surface area contributed by atoms with Crippen molar-refractivity contribution < 1.29 is 4.79 Å². The molecule has 2 aromatic rings. The molecule has 0 radical (unpaired) electrons. The van der Waals surface area contributed by atoms with Gasteiger partial charge in [0.05, 0.1) is 10.8 Å². The fraction of sp³-hybridized carbons (Fsp3) is 0.235. The van der Waals surface area contributed by atoms with Gasteiger partial charge in [0, 0.05) is 16.6 Å². The molecule has 21 heavy (non-hydrogen) atoms. The lowest BCUT2D eigenvalue weighted by Crippen LogP contribution is -2.36. The Bertz CT molecular complexity index is 673. The standard InChI is InChI=1S/C17H16ClNOS/c1-12-10-13-6-2-4-8-15(13)19(12)17(20)11-21-16-9-5-3-7-14(16)18/h2-9,12H,10-11H2,1H3/t12-/m1/s1. The van der Waals surface area contributed by atoms with Crippen molar-refractivity contribution in [2.24, 2.45) is 0 Å². The zero-order valence-electron chi connectivity index (χ0n) is 11.8. The molecule has 1 aliphatic heterocycles. The van der Waals surface area contributed by atoms with Gasteiger partial charge in [0.2, 0.25) is 5.91 Å². The summed E-state index contributed by atoms with van der Waals surface area (Å²) < 4.78 is 0. The average Bonchev–Trinajstić information content (AvgIpc) is 2.82. The number of hydrogen-bond donors (Lipinski definition) is 0. The van der Waals surface area contributed by atoms with Crippen LogP contribution in [0.1, 0.15) is 12.5 Å². The van der Waals surface area contributed by atoms with E-state index in [1.807, 2.05) is 47.4 Å². The molecule has 1 aliphatic rings. The fourth-order valence-corrected chi connectivity index (χ4v) is 3.81. The molecule has 0 aliphatic carbocycles. The van der Waals surface area contributed by atoms with Gasteiger partial charge in [-0.2, -0.15) is 0 Å². The van der Waals surface area contributed by atoms with Gasteiger partial charge in [0.15, 0.2) is 0 Å². The zero-order chi connectivity index (χ0) is 14.8. The summed E-state index contributed by atoms with van der Waals surface area (Å²) in [6, 6.07) is 16.0. The average molecular weight is 318 g/mol. The molecule has 108 valence electrons. The summed E-state index contributed by atoms with van der Waals surface area (Å²) >= 11 is 7.63. The van der Waals surface area contributed by atoms with Crippen LogP contribution >= 0.6 is 23.4 Å². The number of halogens is 1. The molecule has 0 bridgehead atoms. The number of thioether (sulfide) groups is 1. The predicted octanol–water partition coefficient (Wildman–Crippen LogP) is 4.41. The van der Waals surface area contributed by atoms with Crippen molar-refractivity contribution in [3.05, 3.63) is 59.1 Å². The number of rotatable bonds is 3. The third-order valence-corrected chi connectivity index (χ3v) is 5.16. The second-order valence-electron chi connectivity index (χ2n) is 5.16. The maximum atomic E-state index is 12.6. The van der Waals surface area contributed by atoms with Crippen LogP contribution in [0.2, 0.25) is 5.02 Å². The van der Waals surface area contributed by atoms with Gasteiger partial charge in [0.1, 0.15) is 0 Å². The molecule has 0 saturated carbocycles. The molecule has 3 rings (SSSR count). The molecule has 0 unspecified atom stereocenters. The Balaban J connectivity index is 1.73. The van der Waals surface area contributed by atoms with E-state index in [-0.39, 0.29) is 11.9 Å². The number of carbonyl (C=O) groups is 1. The molecule has 1 atom stereocenters. The first kappa shape index (κ1) is 14.5. The normalized spacial score (nSPS) is 16.9. The SMILES string of the molecule is C[C@@H]1Cc2ccccc2N1C(=O)CSc1ccccc1Cl. The lowest BCUT2D eigenvalue weighted by molar-refractivity contribution is -0.116. The van der Waals surface area contributed by atoms with Crippen LogP contribution in [0.15, 0.2) is 53.4 Å². The van der Waals surface area contributed by atoms with Gasteiger partial charge >= 0.3 is 0 Å². The minimum Gasteiger partial charge on any atom is -0.308 e. The Morgan fingerprint density at radius 3 is 2.76 bits per heavy atom. The van der Waals surface area contributed by atoms with E-state index in [0.29, 0.717) is 10.8 Å². The molecule has 2 aromatic carbocycles. The van der Waals surface area contributed by atoms with Crippen molar-refractivity contribution in [1.82, 2.24) is 0 Å². The molecular formula is C17H16ClNOS. The number of hydrogen-bond acceptors (Lipinski definition) is 2. The van der Waals surface area contributed by atoms with Crippen LogP contribution in [0, 0.1) is 0 Å². The molecule has 0 aromatic heterocycles. The highest BCUT2D eigenvalue weighted by molar-refractivity contribution is 8.00. The van der Waals surface area contributed by atoms with Crippen LogP contribution in [0.5, 0.6) is 0 Å². The third kappa shape index (κ3) is 2.94. The maximum Gasteiger partial charge on any atom is 0.237 e. The van der Waals surface area contributed by atoms with Gasteiger partial charge in [0.25, 0.3) is 0 Å². The van der Waals surface area contributed by atoms with E-state index >= 15 is 0 Å². The summed E-state index contributed by atoms with van der Waals surface area (Å²) in [6.45, 7) is 2.10. The molecule has 0 spiro atoms. The third-order valence-electron chi connectivity index (χ3n) is 3.66. The van der Waals surface area contributed by atoms with Crippen molar-refractivity contribution in [3.63, 3.8) is 0 Å². The van der Waals surface area contributed by atoms with Gasteiger partial charge in [-0.3, -0.25) is 4.79 Å². The number of nitrogens with zero attached hydrogens (tertiary/aromatic N) is 1. The van der Waals surface area contributed by atoms with Crippen LogP contribution in [-0.2, 0) is 11.2 Å². The Kier molecular flexibility index (Phi) is 4.22. The second kappa shape index (κ2) is 6.12. The van der Waals surface area contributed by atoms with E-state index in [2.05, 4.69) is 13.0 Å². The van der Waals surface area contributed by atoms with Gasteiger partial charge in [-0.05, 0) is 37.1 Å². The first-order chi connectivity index (χ1) is 10.2. The summed E-state index contributed by atoms with van der Waals surface area (Å²) in [7, 11) is 0. The summed E-state index contributed by atoms with van der Waals surface area (Å²) in [5.41, 5.74) is 2.30. The minimum atomic E-state index is 0.136. The number of anilines is 1. The fourth-order valence-electron chi connectivity index (χ4n) is 2.72. The van der Waals surface area contributed by atoms with Crippen LogP contribution in [-0.4, -0.2) is 17.7 Å². The minimum absolute atomic E-state index is 0.136. The van der Waals surface area contributed by atoms with Gasteiger partial charge in [-0.15, -0.1) is 11.8 Å². The molecule has 1 amide bonds. The van der Waals surface area contributed by atoms with Crippen molar-refractivity contribution in [2.75, 3.05) is 10.7 Å². The van der Waals surface area contributed by atoms with E-state index in [0.717, 1.165) is 17.0 Å². The quantitative estimate of drug-likeness (QED) is 0.782. The first-order valence-electron chi connectivity index (χ1n) is 6.94. The number of carbonyl (C=O) groups excluding carboxylic acids is 1. The molecule has 2 nitrogen and oxygen atoms in total. The number of amides is 1. The van der Waals surface area contributed by atoms with Crippen molar-refractivity contribution >= 4 is 35.0 Å². The second-order valence-corrected chi connectivity index (χ2v) is 6.59. The van der Waals surface area contributed by atoms with Crippen molar-refractivity contribution in [3.8, 4) is 0 Å². The summed E-state index contributed by atoms with van der Waals surface area (Å²) in [4.78, 5) is 15.4. The van der Waals surface area contributed by atoms with Gasteiger partial charge in [-0.1, -0.05) is 41.9 Å². The summed E-state index contributed by atoms with van der Waals surface area (Å²) in [6.07, 6.45) is 0.929. The molecule has 0 fully saturated rings. The van der Waals surface area contributed by atoms with Crippen LogP contribution in [0.4, 0.5) is 5.69 Å². The number of para-hydroxylation sites is 1. The Morgan fingerprint density at radius 1 is 1.24 bits per heavy atom. The topological polar surface area (TPSA) is 20.3 Å². The van der Waals surface area contributed by atoms with Gasteiger partial charge < -0.3 is 4.90 Å². The lowest BCUT2D eigenvalue weighted by atomic mass is 10.1. The van der Waals surface area contributed by atoms with Crippen molar-refractivity contribution in [1.29, 1.82) is 0 Å². The smallest absolute Gasteiger partial charge is 0.237 e. The molecule has 1 heterocycles. The highest BCUT2D eigenvalue weighted by Gasteiger charge is 2.30. The van der Waals surface area contributed by atoms with E-state index < -0.39 is 0 Å². The van der Waals surface area contributed by atoms with E-state index in [4.69, 9.17) is 11.6 Å². The monoisotopic (exact) mass is 317 g/mol. The zero-order valence-corrected chi connectivity index (χ0v) is 13.3. The Morgan fingerprint density at radius 2 is 1.95 bits per heavy atom. The van der Waals surface area contributed by atoms with E-state index in [1.165, 1.54) is 17.3 Å². The highest BCUT2D eigenvalue weighted by Crippen LogP contribution is 2.33. The molecule has 0 N–H and O–H groups in total. The lowest BCUT2D eigenvalue weighted by Gasteiger charge is -2.22. The van der Waals surface area contributed by atoms with Crippen LogP contribution in [0.25, 0.3) is 0 Å². The Hall–Kier alpha value is -1.45. The Labute approximate surface area is 134 Å².